The molecular formula is C36H36N8O6. The Labute approximate surface area is 288 Å². The van der Waals surface area contributed by atoms with Gasteiger partial charge in [0.25, 0.3) is 5.91 Å². The Morgan fingerprint density at radius 1 is 0.940 bits per heavy atom. The summed E-state index contributed by atoms with van der Waals surface area (Å²) in [6.45, 7) is 0.606. The van der Waals surface area contributed by atoms with E-state index in [1.165, 1.54) is 0 Å². The molecule has 14 heteroatoms. The predicted octanol–water partition coefficient (Wildman–Crippen LogP) is 7.21. The highest BCUT2D eigenvalue weighted by Gasteiger charge is 2.54. The fourth-order valence-electron chi connectivity index (χ4n) is 5.71. The summed E-state index contributed by atoms with van der Waals surface area (Å²) in [6, 6.07) is 26.4. The molecule has 2 atom stereocenters. The van der Waals surface area contributed by atoms with Gasteiger partial charge in [-0.2, -0.15) is 0 Å². The maximum atomic E-state index is 14.7. The number of benzene rings is 4. The van der Waals surface area contributed by atoms with E-state index in [9.17, 15) is 15.9 Å². The molecule has 4 aromatic carbocycles. The summed E-state index contributed by atoms with van der Waals surface area (Å²) in [5, 5.41) is 19.9. The molecule has 0 radical (unpaired) electrons. The second-order valence-electron chi connectivity index (χ2n) is 11.2. The third-order valence-electron chi connectivity index (χ3n) is 8.15. The number of hydrogen-bond acceptors (Lipinski definition) is 9. The summed E-state index contributed by atoms with van der Waals surface area (Å²) in [5.74, 6) is 1.49. The third kappa shape index (κ3) is 7.91. The molecule has 0 spiro atoms. The Bertz CT molecular complexity index is 1940. The molecule has 1 aliphatic rings. The lowest BCUT2D eigenvalue weighted by molar-refractivity contribution is -0.128. The van der Waals surface area contributed by atoms with Crippen molar-refractivity contribution < 1.29 is 28.8 Å². The standard InChI is InChI=1S/C36H36N8O6/c1-47-31-17-12-24(22-32(31)48-2)18-19-39-35(46)36(23-26-8-3-5-10-29(26)41-43-37)33(28-9-4-6-11-30(28)42-44-38)50-34(40-36)25-13-15-27(16-14-25)49-21-7-20-45/h3-6,8-17,22,33,45H,7,18-21,23H2,1-2H3,(H,39,46)/t33-,36-/m1/s1. The van der Waals surface area contributed by atoms with Crippen LogP contribution >= 0.6 is 0 Å². The van der Waals surface area contributed by atoms with Gasteiger partial charge in [0, 0.05) is 58.3 Å². The molecule has 1 amide bonds. The van der Waals surface area contributed by atoms with Crippen LogP contribution in [0, 0.1) is 0 Å². The number of ether oxygens (including phenoxy) is 4. The molecule has 2 N–H and O–H groups in total. The van der Waals surface area contributed by atoms with E-state index < -0.39 is 17.6 Å². The molecule has 0 fully saturated rings. The molecule has 256 valence electrons. The van der Waals surface area contributed by atoms with Crippen LogP contribution in [0.2, 0.25) is 0 Å². The Morgan fingerprint density at radius 3 is 2.36 bits per heavy atom. The van der Waals surface area contributed by atoms with E-state index in [1.54, 1.807) is 93.1 Å². The van der Waals surface area contributed by atoms with Crippen molar-refractivity contribution in [2.75, 3.05) is 34.0 Å². The number of aliphatic hydroxyl groups excluding tert-OH is 1. The molecule has 4 aromatic rings. The molecule has 0 aliphatic carbocycles. The van der Waals surface area contributed by atoms with Crippen molar-refractivity contribution >= 4 is 23.2 Å². The minimum Gasteiger partial charge on any atom is -0.494 e. The summed E-state index contributed by atoms with van der Waals surface area (Å²) < 4.78 is 23.1. The first-order chi connectivity index (χ1) is 24.5. The first-order valence-electron chi connectivity index (χ1n) is 15.8. The Morgan fingerprint density at radius 2 is 1.64 bits per heavy atom. The highest BCUT2D eigenvalue weighted by atomic mass is 16.5. The second kappa shape index (κ2) is 16.8. The van der Waals surface area contributed by atoms with Gasteiger partial charge in [-0.1, -0.05) is 64.8 Å². The molecular weight excluding hydrogens is 640 g/mol. The van der Waals surface area contributed by atoms with E-state index in [2.05, 4.69) is 25.4 Å². The van der Waals surface area contributed by atoms with Crippen molar-refractivity contribution in [3.05, 3.63) is 134 Å². The summed E-state index contributed by atoms with van der Waals surface area (Å²) in [5.41, 5.74) is 20.2. The zero-order valence-corrected chi connectivity index (χ0v) is 27.6. The molecule has 1 heterocycles. The summed E-state index contributed by atoms with van der Waals surface area (Å²) in [4.78, 5) is 25.7. The van der Waals surface area contributed by atoms with Gasteiger partial charge in [0.05, 0.1) is 20.8 Å². The molecule has 0 bridgehead atoms. The summed E-state index contributed by atoms with van der Waals surface area (Å²) in [6.07, 6.45) is -0.122. The molecule has 1 aliphatic heterocycles. The zero-order chi connectivity index (χ0) is 35.3. The number of carbonyl (C=O) groups is 1. The number of nitrogens with zero attached hydrogens (tertiary/aromatic N) is 7. The smallest absolute Gasteiger partial charge is 0.252 e. The monoisotopic (exact) mass is 676 g/mol. The van der Waals surface area contributed by atoms with Crippen LogP contribution in [-0.2, 0) is 22.4 Å². The number of aliphatic imine (C=N–C) groups is 1. The van der Waals surface area contributed by atoms with Crippen molar-refractivity contribution in [1.82, 2.24) is 5.32 Å². The Hall–Kier alpha value is -6.20. The van der Waals surface area contributed by atoms with E-state index in [0.29, 0.717) is 59.1 Å². The topological polar surface area (TPSA) is 196 Å². The molecule has 14 nitrogen and oxygen atoms in total. The SMILES string of the molecule is COc1ccc(CCNC(=O)[C@]2(Cc3ccccc3N=[N+]=[N-])N=C(c3ccc(OCCCO)cc3)O[C@@H]2c2ccccc2N=[N+]=[N-])cc1OC. The lowest BCUT2D eigenvalue weighted by Crippen LogP contribution is -2.50. The Kier molecular flexibility index (Phi) is 11.8. The molecule has 5 rings (SSSR count). The minimum absolute atomic E-state index is 0.0165. The third-order valence-corrected chi connectivity index (χ3v) is 8.15. The normalized spacial score (nSPS) is 16.2. The number of amides is 1. The van der Waals surface area contributed by atoms with E-state index in [4.69, 9.17) is 29.0 Å². The van der Waals surface area contributed by atoms with Gasteiger partial charge in [0.1, 0.15) is 5.75 Å². The van der Waals surface area contributed by atoms with Gasteiger partial charge >= 0.3 is 0 Å². The van der Waals surface area contributed by atoms with E-state index in [0.717, 1.165) is 5.56 Å². The number of rotatable bonds is 16. The fraction of sp³-hybridized carbons (Fsp3) is 0.278. The van der Waals surface area contributed by atoms with Crippen LogP contribution in [0.1, 0.15) is 34.8 Å². The molecule has 50 heavy (non-hydrogen) atoms. The van der Waals surface area contributed by atoms with Gasteiger partial charge < -0.3 is 29.4 Å². The number of azide groups is 2. The largest absolute Gasteiger partial charge is 0.494 e. The predicted molar refractivity (Wildman–Crippen MR) is 187 cm³/mol. The maximum absolute atomic E-state index is 14.7. The molecule has 0 saturated carbocycles. The fourth-order valence-corrected chi connectivity index (χ4v) is 5.71. The molecule has 0 saturated heterocycles. The van der Waals surface area contributed by atoms with Gasteiger partial charge in [-0.3, -0.25) is 4.79 Å². The van der Waals surface area contributed by atoms with Crippen LogP contribution in [0.3, 0.4) is 0 Å². The molecule has 0 unspecified atom stereocenters. The second-order valence-corrected chi connectivity index (χ2v) is 11.2. The molecule has 0 aromatic heterocycles. The van der Waals surface area contributed by atoms with E-state index in [1.807, 2.05) is 12.1 Å². The van der Waals surface area contributed by atoms with E-state index >= 15 is 0 Å². The number of hydrogen-bond donors (Lipinski definition) is 2. The minimum atomic E-state index is -1.65. The van der Waals surface area contributed by atoms with Crippen LogP contribution in [0.4, 0.5) is 11.4 Å². The average molecular weight is 677 g/mol. The van der Waals surface area contributed by atoms with Crippen molar-refractivity contribution in [2.24, 2.45) is 15.2 Å². The van der Waals surface area contributed by atoms with Gasteiger partial charge in [-0.05, 0) is 65.0 Å². The number of aliphatic hydroxyl groups is 1. The highest BCUT2D eigenvalue weighted by molar-refractivity contribution is 6.01. The van der Waals surface area contributed by atoms with Crippen LogP contribution in [0.25, 0.3) is 20.9 Å². The first kappa shape index (κ1) is 35.1. The maximum Gasteiger partial charge on any atom is 0.252 e. The van der Waals surface area contributed by atoms with Gasteiger partial charge in [-0.15, -0.1) is 0 Å². The van der Waals surface area contributed by atoms with Gasteiger partial charge in [0.2, 0.25) is 5.90 Å². The van der Waals surface area contributed by atoms with Crippen LogP contribution < -0.4 is 19.5 Å². The first-order valence-corrected chi connectivity index (χ1v) is 15.8. The lowest BCUT2D eigenvalue weighted by atomic mass is 9.81. The highest BCUT2D eigenvalue weighted by Crippen LogP contribution is 2.46. The van der Waals surface area contributed by atoms with Crippen LogP contribution in [0.5, 0.6) is 17.2 Å². The summed E-state index contributed by atoms with van der Waals surface area (Å²) >= 11 is 0. The van der Waals surface area contributed by atoms with Crippen molar-refractivity contribution in [2.45, 2.75) is 30.9 Å². The van der Waals surface area contributed by atoms with Crippen LogP contribution in [0.15, 0.2) is 106 Å². The summed E-state index contributed by atoms with van der Waals surface area (Å²) in [7, 11) is 3.12. The average Bonchev–Trinajstić information content (AvgIpc) is 3.53. The van der Waals surface area contributed by atoms with Gasteiger partial charge in [-0.25, -0.2) is 4.99 Å². The van der Waals surface area contributed by atoms with Gasteiger partial charge in [0.15, 0.2) is 23.1 Å². The lowest BCUT2D eigenvalue weighted by Gasteiger charge is -2.32. The zero-order valence-electron chi connectivity index (χ0n) is 27.6. The number of carbonyl (C=O) groups excluding carboxylic acids is 1. The van der Waals surface area contributed by atoms with Crippen molar-refractivity contribution in [1.29, 1.82) is 0 Å². The number of nitrogens with one attached hydrogen (secondary N) is 1. The van der Waals surface area contributed by atoms with Crippen molar-refractivity contribution in [3.8, 4) is 17.2 Å². The van der Waals surface area contributed by atoms with Crippen molar-refractivity contribution in [3.63, 3.8) is 0 Å². The quantitative estimate of drug-likeness (QED) is 0.0544. The van der Waals surface area contributed by atoms with E-state index in [-0.39, 0.29) is 31.2 Å². The van der Waals surface area contributed by atoms with Crippen LogP contribution in [-0.4, -0.2) is 56.4 Å². The number of methoxy groups -OCH3 is 2. The Balaban J connectivity index is 1.59.